The SMILES string of the molecule is CC(=C(C(=O)O)n1ccnn1)N(C)C. The number of hydrogen-bond donors (Lipinski definition) is 1. The summed E-state index contributed by atoms with van der Waals surface area (Å²) in [6.45, 7) is 1.71. The van der Waals surface area contributed by atoms with Gasteiger partial charge in [0.1, 0.15) is 0 Å². The minimum atomic E-state index is -1.03. The zero-order valence-corrected chi connectivity index (χ0v) is 8.30. The zero-order valence-electron chi connectivity index (χ0n) is 8.30. The van der Waals surface area contributed by atoms with E-state index in [0.717, 1.165) is 0 Å². The van der Waals surface area contributed by atoms with Crippen molar-refractivity contribution in [1.82, 2.24) is 19.9 Å². The fourth-order valence-corrected chi connectivity index (χ4v) is 0.958. The lowest BCUT2D eigenvalue weighted by Crippen LogP contribution is -2.18. The predicted molar refractivity (Wildman–Crippen MR) is 50.2 cm³/mol. The highest BCUT2D eigenvalue weighted by Gasteiger charge is 2.15. The number of carboxylic acid groups (broad SMARTS) is 1. The Bertz CT molecular complexity index is 353. The van der Waals surface area contributed by atoms with Gasteiger partial charge in [-0.25, -0.2) is 9.48 Å². The van der Waals surface area contributed by atoms with Crippen molar-refractivity contribution in [2.45, 2.75) is 6.92 Å². The van der Waals surface area contributed by atoms with E-state index in [1.165, 1.54) is 17.1 Å². The second kappa shape index (κ2) is 3.91. The number of nitrogens with zero attached hydrogens (tertiary/aromatic N) is 4. The average molecular weight is 196 g/mol. The van der Waals surface area contributed by atoms with Gasteiger partial charge in [0, 0.05) is 19.8 Å². The number of carboxylic acids is 1. The van der Waals surface area contributed by atoms with Gasteiger partial charge in [-0.3, -0.25) is 0 Å². The zero-order chi connectivity index (χ0) is 10.7. The Balaban J connectivity index is 3.21. The molecule has 0 aliphatic rings. The van der Waals surface area contributed by atoms with Crippen molar-refractivity contribution < 1.29 is 9.90 Å². The van der Waals surface area contributed by atoms with Crippen LogP contribution in [0.3, 0.4) is 0 Å². The molecule has 0 aliphatic heterocycles. The third-order valence-corrected chi connectivity index (χ3v) is 1.87. The van der Waals surface area contributed by atoms with Gasteiger partial charge in [0.05, 0.1) is 12.4 Å². The Labute approximate surface area is 81.4 Å². The molecule has 6 nitrogen and oxygen atoms in total. The third kappa shape index (κ3) is 1.90. The first kappa shape index (κ1) is 10.2. The number of allylic oxidation sites excluding steroid dienone is 1. The van der Waals surface area contributed by atoms with Gasteiger partial charge in [-0.15, -0.1) is 5.10 Å². The quantitative estimate of drug-likeness (QED) is 0.695. The van der Waals surface area contributed by atoms with E-state index in [9.17, 15) is 4.79 Å². The second-order valence-corrected chi connectivity index (χ2v) is 2.98. The molecule has 1 aromatic heterocycles. The first-order valence-electron chi connectivity index (χ1n) is 4.02. The molecule has 0 unspecified atom stereocenters. The van der Waals surface area contributed by atoms with Crippen molar-refractivity contribution >= 4 is 11.7 Å². The molecule has 0 bridgehead atoms. The first-order valence-corrected chi connectivity index (χ1v) is 4.02. The molecule has 1 aromatic rings. The van der Waals surface area contributed by atoms with Gasteiger partial charge in [0.15, 0.2) is 5.70 Å². The summed E-state index contributed by atoms with van der Waals surface area (Å²) in [6, 6.07) is 0. The molecule has 0 saturated heterocycles. The fourth-order valence-electron chi connectivity index (χ4n) is 0.958. The minimum Gasteiger partial charge on any atom is -0.476 e. The third-order valence-electron chi connectivity index (χ3n) is 1.87. The molecule has 14 heavy (non-hydrogen) atoms. The standard InChI is InChI=1S/C8H12N4O2/c1-6(11(2)3)7(8(13)14)12-5-4-9-10-12/h4-5H,1-3H3,(H,13,14). The molecular formula is C8H12N4O2. The lowest BCUT2D eigenvalue weighted by atomic mass is 10.3. The minimum absolute atomic E-state index is 0.104. The van der Waals surface area contributed by atoms with Crippen molar-refractivity contribution in [3.05, 3.63) is 18.1 Å². The Morgan fingerprint density at radius 1 is 1.50 bits per heavy atom. The average Bonchev–Trinajstić information content (AvgIpc) is 2.56. The molecule has 6 heteroatoms. The maximum Gasteiger partial charge on any atom is 0.356 e. The van der Waals surface area contributed by atoms with Crippen LogP contribution in [0.4, 0.5) is 0 Å². The molecule has 0 radical (unpaired) electrons. The predicted octanol–water partition coefficient (Wildman–Crippen LogP) is 0.113. The highest BCUT2D eigenvalue weighted by atomic mass is 16.4. The summed E-state index contributed by atoms with van der Waals surface area (Å²) in [4.78, 5) is 12.7. The first-order chi connectivity index (χ1) is 6.54. The molecule has 1 rings (SSSR count). The van der Waals surface area contributed by atoms with Crippen molar-refractivity contribution in [2.75, 3.05) is 14.1 Å². The lowest BCUT2D eigenvalue weighted by Gasteiger charge is -2.15. The Morgan fingerprint density at radius 2 is 2.14 bits per heavy atom. The topological polar surface area (TPSA) is 71.2 Å². The lowest BCUT2D eigenvalue weighted by molar-refractivity contribution is -0.130. The van der Waals surface area contributed by atoms with Gasteiger partial charge >= 0.3 is 5.97 Å². The van der Waals surface area contributed by atoms with E-state index in [2.05, 4.69) is 10.3 Å². The maximum atomic E-state index is 11.0. The van der Waals surface area contributed by atoms with Crippen LogP contribution in [0.25, 0.3) is 5.70 Å². The number of hydrogen-bond acceptors (Lipinski definition) is 4. The van der Waals surface area contributed by atoms with Crippen molar-refractivity contribution in [1.29, 1.82) is 0 Å². The maximum absolute atomic E-state index is 11.0. The molecule has 0 amide bonds. The monoisotopic (exact) mass is 196 g/mol. The van der Waals surface area contributed by atoms with Crippen LogP contribution in [0.2, 0.25) is 0 Å². The van der Waals surface area contributed by atoms with E-state index in [-0.39, 0.29) is 5.70 Å². The van der Waals surface area contributed by atoms with Crippen LogP contribution in [-0.4, -0.2) is 45.1 Å². The van der Waals surface area contributed by atoms with E-state index in [1.807, 2.05) is 0 Å². The summed E-state index contributed by atoms with van der Waals surface area (Å²) in [6.07, 6.45) is 2.93. The van der Waals surface area contributed by atoms with Gasteiger partial charge in [0.2, 0.25) is 0 Å². The Kier molecular flexibility index (Phi) is 2.85. The molecule has 0 spiro atoms. The number of aromatic nitrogens is 3. The van der Waals surface area contributed by atoms with Crippen LogP contribution in [-0.2, 0) is 4.79 Å². The van der Waals surface area contributed by atoms with Gasteiger partial charge in [-0.2, -0.15) is 0 Å². The summed E-state index contributed by atoms with van der Waals surface area (Å²) < 4.78 is 1.23. The molecule has 0 atom stereocenters. The Hall–Kier alpha value is -1.85. The van der Waals surface area contributed by atoms with Crippen LogP contribution in [0, 0.1) is 0 Å². The molecule has 76 valence electrons. The van der Waals surface area contributed by atoms with E-state index in [1.54, 1.807) is 25.9 Å². The van der Waals surface area contributed by atoms with Crippen LogP contribution < -0.4 is 0 Å². The van der Waals surface area contributed by atoms with Gasteiger partial charge in [-0.05, 0) is 6.92 Å². The molecule has 0 aliphatic carbocycles. The van der Waals surface area contributed by atoms with Crippen LogP contribution >= 0.6 is 0 Å². The summed E-state index contributed by atoms with van der Waals surface area (Å²) in [5.74, 6) is -1.03. The molecule has 0 aromatic carbocycles. The van der Waals surface area contributed by atoms with E-state index in [0.29, 0.717) is 5.70 Å². The molecule has 0 fully saturated rings. The molecule has 0 saturated carbocycles. The largest absolute Gasteiger partial charge is 0.476 e. The van der Waals surface area contributed by atoms with Gasteiger partial charge < -0.3 is 10.0 Å². The van der Waals surface area contributed by atoms with Gasteiger partial charge in [0.25, 0.3) is 0 Å². The highest BCUT2D eigenvalue weighted by Crippen LogP contribution is 2.10. The van der Waals surface area contributed by atoms with E-state index in [4.69, 9.17) is 5.11 Å². The number of aliphatic carboxylic acids is 1. The fraction of sp³-hybridized carbons (Fsp3) is 0.375. The summed E-state index contributed by atoms with van der Waals surface area (Å²) in [7, 11) is 3.55. The number of rotatable bonds is 3. The van der Waals surface area contributed by atoms with E-state index < -0.39 is 5.97 Å². The van der Waals surface area contributed by atoms with Crippen molar-refractivity contribution in [3.63, 3.8) is 0 Å². The summed E-state index contributed by atoms with van der Waals surface area (Å²) in [5.41, 5.74) is 0.718. The second-order valence-electron chi connectivity index (χ2n) is 2.98. The van der Waals surface area contributed by atoms with Crippen LogP contribution in [0.5, 0.6) is 0 Å². The van der Waals surface area contributed by atoms with Crippen LogP contribution in [0.1, 0.15) is 6.92 Å². The summed E-state index contributed by atoms with van der Waals surface area (Å²) in [5, 5.41) is 16.2. The van der Waals surface area contributed by atoms with Crippen molar-refractivity contribution in [3.8, 4) is 0 Å². The van der Waals surface area contributed by atoms with Gasteiger partial charge in [-0.1, -0.05) is 5.21 Å². The molecular weight excluding hydrogens is 184 g/mol. The summed E-state index contributed by atoms with van der Waals surface area (Å²) >= 11 is 0. The smallest absolute Gasteiger partial charge is 0.356 e. The normalized spacial score (nSPS) is 12.2. The molecule has 1 N–H and O–H groups in total. The Morgan fingerprint density at radius 3 is 2.50 bits per heavy atom. The van der Waals surface area contributed by atoms with E-state index >= 15 is 0 Å². The number of carbonyl (C=O) groups is 1. The highest BCUT2D eigenvalue weighted by molar-refractivity contribution is 6.09. The van der Waals surface area contributed by atoms with Crippen LogP contribution in [0.15, 0.2) is 18.1 Å². The molecule has 1 heterocycles. The van der Waals surface area contributed by atoms with Crippen molar-refractivity contribution in [2.24, 2.45) is 0 Å².